The molecule has 0 unspecified atom stereocenters. The predicted molar refractivity (Wildman–Crippen MR) is 84.7 cm³/mol. The second kappa shape index (κ2) is 5.08. The number of thioether (sulfide) groups is 1. The molecule has 2 nitrogen and oxygen atoms in total. The van der Waals surface area contributed by atoms with Crippen LogP contribution in [-0.4, -0.2) is 9.97 Å². The van der Waals surface area contributed by atoms with Gasteiger partial charge in [0.25, 0.3) is 0 Å². The first-order valence-electron chi connectivity index (χ1n) is 5.96. The second-order valence-electron chi connectivity index (χ2n) is 4.68. The molecule has 0 saturated heterocycles. The number of fused-ring (bicyclic) bond motifs is 1. The Hall–Kier alpha value is -0.580. The highest BCUT2D eigenvalue weighted by Crippen LogP contribution is 2.35. The van der Waals surface area contributed by atoms with Crippen LogP contribution in [0.5, 0.6) is 0 Å². The van der Waals surface area contributed by atoms with E-state index in [4.69, 9.17) is 11.6 Å². The van der Waals surface area contributed by atoms with Crippen LogP contribution >= 0.6 is 39.3 Å². The van der Waals surface area contributed by atoms with Crippen molar-refractivity contribution in [1.82, 2.24) is 9.97 Å². The number of aryl methyl sites for hydroxylation is 2. The summed E-state index contributed by atoms with van der Waals surface area (Å²) in [5.41, 5.74) is 5.58. The molecule has 0 fully saturated rings. The van der Waals surface area contributed by atoms with E-state index in [1.54, 1.807) is 0 Å². The summed E-state index contributed by atoms with van der Waals surface area (Å²) in [6.07, 6.45) is 0. The third kappa shape index (κ3) is 2.41. The van der Waals surface area contributed by atoms with E-state index in [2.05, 4.69) is 51.9 Å². The van der Waals surface area contributed by atoms with Gasteiger partial charge in [-0.15, -0.1) is 0 Å². The molecule has 2 heterocycles. The highest BCUT2D eigenvalue weighted by molar-refractivity contribution is 9.10. The highest BCUT2D eigenvalue weighted by atomic mass is 79.9. The summed E-state index contributed by atoms with van der Waals surface area (Å²) in [6, 6.07) is 4.19. The van der Waals surface area contributed by atoms with E-state index in [-0.39, 0.29) is 0 Å². The van der Waals surface area contributed by atoms with Crippen LogP contribution < -0.4 is 0 Å². The van der Waals surface area contributed by atoms with Gasteiger partial charge in [0.1, 0.15) is 5.15 Å². The number of hydrogen-bond acceptors (Lipinski definition) is 3. The zero-order chi connectivity index (χ0) is 13.6. The lowest BCUT2D eigenvalue weighted by Crippen LogP contribution is -1.98. The number of nitrogens with zero attached hydrogens (tertiary/aromatic N) is 2. The van der Waals surface area contributed by atoms with Crippen LogP contribution in [0.1, 0.15) is 22.4 Å². The number of benzene rings is 1. The molecule has 0 radical (unpaired) electrons. The molecule has 0 amide bonds. The summed E-state index contributed by atoms with van der Waals surface area (Å²) in [5, 5.41) is 0.600. The fraction of sp³-hybridized carbons (Fsp3) is 0.286. The Morgan fingerprint density at radius 1 is 1.16 bits per heavy atom. The highest BCUT2D eigenvalue weighted by Gasteiger charge is 2.19. The molecule has 1 aliphatic heterocycles. The van der Waals surface area contributed by atoms with Crippen LogP contribution in [0.15, 0.2) is 16.6 Å². The average Bonchev–Trinajstić information content (AvgIpc) is 2.84. The Morgan fingerprint density at radius 3 is 2.53 bits per heavy atom. The molecule has 0 saturated carbocycles. The minimum absolute atomic E-state index is 0.600. The van der Waals surface area contributed by atoms with Crippen LogP contribution in [0.2, 0.25) is 5.15 Å². The van der Waals surface area contributed by atoms with Gasteiger partial charge in [-0.2, -0.15) is 11.8 Å². The van der Waals surface area contributed by atoms with E-state index in [1.165, 1.54) is 11.1 Å². The first-order chi connectivity index (χ1) is 9.06. The molecule has 0 atom stereocenters. The lowest BCUT2D eigenvalue weighted by Gasteiger charge is -2.09. The van der Waals surface area contributed by atoms with Crippen molar-refractivity contribution in [3.8, 4) is 11.4 Å². The van der Waals surface area contributed by atoms with Crippen molar-refractivity contribution in [3.05, 3.63) is 44.1 Å². The summed E-state index contributed by atoms with van der Waals surface area (Å²) in [7, 11) is 0. The van der Waals surface area contributed by atoms with Gasteiger partial charge in [-0.3, -0.25) is 0 Å². The molecule has 19 heavy (non-hydrogen) atoms. The zero-order valence-corrected chi connectivity index (χ0v) is 13.8. The molecule has 3 rings (SSSR count). The number of halogens is 2. The van der Waals surface area contributed by atoms with Crippen molar-refractivity contribution in [2.24, 2.45) is 0 Å². The summed E-state index contributed by atoms with van der Waals surface area (Å²) >= 11 is 11.7. The minimum atomic E-state index is 0.600. The molecule has 2 aromatic rings. The molecule has 5 heteroatoms. The average molecular weight is 356 g/mol. The fourth-order valence-electron chi connectivity index (χ4n) is 2.22. The topological polar surface area (TPSA) is 25.8 Å². The second-order valence-corrected chi connectivity index (χ2v) is 6.82. The summed E-state index contributed by atoms with van der Waals surface area (Å²) in [4.78, 5) is 9.12. The Morgan fingerprint density at radius 2 is 1.84 bits per heavy atom. The van der Waals surface area contributed by atoms with Crippen LogP contribution in [0.3, 0.4) is 0 Å². The molecule has 0 aliphatic carbocycles. The minimum Gasteiger partial charge on any atom is -0.232 e. The standard InChI is InChI=1S/C14H12BrClN2S/c1-7-3-9(4-8(2)12(7)15)14-17-11-6-19-5-10(11)13(16)18-14/h3-4H,5-6H2,1-2H3. The van der Waals surface area contributed by atoms with Gasteiger partial charge >= 0.3 is 0 Å². The molecule has 1 aromatic carbocycles. The van der Waals surface area contributed by atoms with Crippen LogP contribution in [-0.2, 0) is 11.5 Å². The summed E-state index contributed by atoms with van der Waals surface area (Å²) in [5.74, 6) is 2.58. The van der Waals surface area contributed by atoms with Gasteiger partial charge in [0, 0.05) is 27.1 Å². The van der Waals surface area contributed by atoms with E-state index in [9.17, 15) is 0 Å². The monoisotopic (exact) mass is 354 g/mol. The molecule has 0 N–H and O–H groups in total. The van der Waals surface area contributed by atoms with Crippen molar-refractivity contribution >= 4 is 39.3 Å². The van der Waals surface area contributed by atoms with Crippen molar-refractivity contribution in [2.45, 2.75) is 25.4 Å². The van der Waals surface area contributed by atoms with Gasteiger partial charge in [0.05, 0.1) is 5.69 Å². The van der Waals surface area contributed by atoms with Crippen molar-refractivity contribution in [2.75, 3.05) is 0 Å². The van der Waals surface area contributed by atoms with E-state index in [1.807, 2.05) is 11.8 Å². The Kier molecular flexibility index (Phi) is 3.58. The number of rotatable bonds is 1. The summed E-state index contributed by atoms with van der Waals surface area (Å²) < 4.78 is 1.14. The third-order valence-corrected chi connectivity index (χ3v) is 5.76. The first kappa shape index (κ1) is 13.4. The van der Waals surface area contributed by atoms with Gasteiger partial charge in [-0.05, 0) is 37.1 Å². The quantitative estimate of drug-likeness (QED) is 0.679. The SMILES string of the molecule is Cc1cc(-c2nc(Cl)c3c(n2)CSC3)cc(C)c1Br. The molecule has 0 spiro atoms. The smallest absolute Gasteiger partial charge is 0.161 e. The Labute approximate surface area is 130 Å². The summed E-state index contributed by atoms with van der Waals surface area (Å²) in [6.45, 7) is 4.15. The Bertz CT molecular complexity index is 650. The van der Waals surface area contributed by atoms with E-state index in [0.717, 1.165) is 38.6 Å². The number of aromatic nitrogens is 2. The van der Waals surface area contributed by atoms with Crippen molar-refractivity contribution in [1.29, 1.82) is 0 Å². The molecule has 0 bridgehead atoms. The van der Waals surface area contributed by atoms with Crippen molar-refractivity contribution < 1.29 is 0 Å². The molecule has 98 valence electrons. The van der Waals surface area contributed by atoms with E-state index >= 15 is 0 Å². The lowest BCUT2D eigenvalue weighted by atomic mass is 10.1. The van der Waals surface area contributed by atoms with Gasteiger partial charge in [-0.1, -0.05) is 27.5 Å². The van der Waals surface area contributed by atoms with Crippen LogP contribution in [0.4, 0.5) is 0 Å². The number of hydrogen-bond donors (Lipinski definition) is 0. The maximum atomic E-state index is 6.26. The largest absolute Gasteiger partial charge is 0.232 e. The van der Waals surface area contributed by atoms with Crippen LogP contribution in [0.25, 0.3) is 11.4 Å². The third-order valence-electron chi connectivity index (χ3n) is 3.22. The predicted octanol–water partition coefficient (Wildman–Crippen LogP) is 4.92. The van der Waals surface area contributed by atoms with Crippen molar-refractivity contribution in [3.63, 3.8) is 0 Å². The van der Waals surface area contributed by atoms with Gasteiger partial charge in [0.15, 0.2) is 5.82 Å². The molecule has 1 aliphatic rings. The van der Waals surface area contributed by atoms with Gasteiger partial charge in [0.2, 0.25) is 0 Å². The van der Waals surface area contributed by atoms with Gasteiger partial charge < -0.3 is 0 Å². The molecule has 1 aromatic heterocycles. The fourth-order valence-corrected chi connectivity index (χ4v) is 3.82. The van der Waals surface area contributed by atoms with E-state index < -0.39 is 0 Å². The van der Waals surface area contributed by atoms with Gasteiger partial charge in [-0.25, -0.2) is 9.97 Å². The van der Waals surface area contributed by atoms with Crippen LogP contribution in [0, 0.1) is 13.8 Å². The zero-order valence-electron chi connectivity index (χ0n) is 10.6. The first-order valence-corrected chi connectivity index (χ1v) is 8.29. The normalized spacial score (nSPS) is 13.7. The maximum Gasteiger partial charge on any atom is 0.161 e. The lowest BCUT2D eigenvalue weighted by molar-refractivity contribution is 1.07. The Balaban J connectivity index is 2.15. The van der Waals surface area contributed by atoms with E-state index in [0.29, 0.717) is 5.15 Å². The molecular weight excluding hydrogens is 344 g/mol. The molecular formula is C14H12BrClN2S. The maximum absolute atomic E-state index is 6.26.